The smallest absolute Gasteiger partial charge is 0.407 e. The van der Waals surface area contributed by atoms with Gasteiger partial charge in [-0.1, -0.05) is 46.3 Å². The van der Waals surface area contributed by atoms with Crippen LogP contribution in [0.2, 0.25) is 0 Å². The molecule has 22 heavy (non-hydrogen) atoms. The average Bonchev–Trinajstić information content (AvgIpc) is 2.94. The molecule has 0 saturated carbocycles. The summed E-state index contributed by atoms with van der Waals surface area (Å²) in [6.45, 7) is 0.410. The fraction of sp³-hybridized carbons (Fsp3) is 0.125. The van der Waals surface area contributed by atoms with Crippen LogP contribution >= 0.6 is 15.9 Å². The molecule has 3 aromatic rings. The van der Waals surface area contributed by atoms with Crippen LogP contribution in [0, 0.1) is 0 Å². The molecule has 5 nitrogen and oxygen atoms in total. The lowest BCUT2D eigenvalue weighted by molar-refractivity contribution is 0.138. The number of amides is 1. The van der Waals surface area contributed by atoms with Gasteiger partial charge in [0.1, 0.15) is 12.1 Å². The number of aromatic nitrogens is 1. The normalized spacial score (nSPS) is 10.6. The Bertz CT molecular complexity index is 786. The lowest BCUT2D eigenvalue weighted by Crippen LogP contribution is -2.23. The number of ether oxygens (including phenoxy) is 1. The highest BCUT2D eigenvalue weighted by atomic mass is 79.9. The van der Waals surface area contributed by atoms with Gasteiger partial charge in [-0.3, -0.25) is 0 Å². The van der Waals surface area contributed by atoms with E-state index >= 15 is 0 Å². The van der Waals surface area contributed by atoms with E-state index in [4.69, 9.17) is 9.15 Å². The van der Waals surface area contributed by atoms with E-state index in [2.05, 4.69) is 26.2 Å². The van der Waals surface area contributed by atoms with Crippen molar-refractivity contribution in [3.63, 3.8) is 0 Å². The summed E-state index contributed by atoms with van der Waals surface area (Å²) in [7, 11) is 0. The quantitative estimate of drug-likeness (QED) is 0.763. The van der Waals surface area contributed by atoms with E-state index in [1.807, 2.05) is 48.5 Å². The number of halogens is 1. The molecule has 0 saturated heterocycles. The molecule has 0 radical (unpaired) electrons. The largest absolute Gasteiger partial charge is 0.445 e. The van der Waals surface area contributed by atoms with E-state index in [1.165, 1.54) is 0 Å². The van der Waals surface area contributed by atoms with Crippen molar-refractivity contribution in [3.8, 4) is 0 Å². The molecule has 0 atom stereocenters. The van der Waals surface area contributed by atoms with E-state index < -0.39 is 6.09 Å². The average molecular weight is 361 g/mol. The molecule has 112 valence electrons. The van der Waals surface area contributed by atoms with Gasteiger partial charge in [0.15, 0.2) is 5.58 Å². The highest BCUT2D eigenvalue weighted by Gasteiger charge is 2.08. The van der Waals surface area contributed by atoms with Crippen molar-refractivity contribution in [1.29, 1.82) is 0 Å². The zero-order valence-corrected chi connectivity index (χ0v) is 13.2. The molecule has 0 aliphatic carbocycles. The number of nitrogens with zero attached hydrogens (tertiary/aromatic N) is 1. The number of benzene rings is 2. The van der Waals surface area contributed by atoms with Crippen LogP contribution < -0.4 is 5.32 Å². The highest BCUT2D eigenvalue weighted by molar-refractivity contribution is 9.10. The van der Waals surface area contributed by atoms with Crippen LogP contribution in [-0.4, -0.2) is 11.1 Å². The van der Waals surface area contributed by atoms with E-state index in [9.17, 15) is 4.79 Å². The van der Waals surface area contributed by atoms with Crippen LogP contribution in [0.1, 0.15) is 11.5 Å². The van der Waals surface area contributed by atoms with Gasteiger partial charge in [-0.15, -0.1) is 0 Å². The second-order valence-electron chi connectivity index (χ2n) is 4.63. The Morgan fingerprint density at radius 3 is 2.86 bits per heavy atom. The monoisotopic (exact) mass is 360 g/mol. The SMILES string of the molecule is O=C(NCc1nc2ccc(Br)cc2o1)OCc1ccccc1. The molecule has 0 unspecified atom stereocenters. The standard InChI is InChI=1S/C16H13BrN2O3/c17-12-6-7-13-14(8-12)22-15(19-13)9-18-16(20)21-10-11-4-2-1-3-5-11/h1-8H,9-10H2,(H,18,20). The predicted octanol–water partition coefficient (Wildman–Crippen LogP) is 4.02. The Morgan fingerprint density at radius 1 is 1.23 bits per heavy atom. The third-order valence-electron chi connectivity index (χ3n) is 2.99. The second-order valence-corrected chi connectivity index (χ2v) is 5.55. The van der Waals surface area contributed by atoms with Crippen molar-refractivity contribution in [3.05, 3.63) is 64.5 Å². The summed E-state index contributed by atoms with van der Waals surface area (Å²) in [4.78, 5) is 15.9. The molecule has 0 bridgehead atoms. The van der Waals surface area contributed by atoms with Crippen molar-refractivity contribution in [2.24, 2.45) is 0 Å². The Kier molecular flexibility index (Phi) is 4.39. The Hall–Kier alpha value is -2.34. The van der Waals surface area contributed by atoms with Gasteiger partial charge >= 0.3 is 6.09 Å². The molecule has 1 amide bonds. The number of carbonyl (C=O) groups is 1. The van der Waals surface area contributed by atoms with Crippen molar-refractivity contribution in [2.75, 3.05) is 0 Å². The summed E-state index contributed by atoms with van der Waals surface area (Å²) >= 11 is 3.37. The molecule has 6 heteroatoms. The molecule has 0 spiro atoms. The molecule has 1 heterocycles. The number of rotatable bonds is 4. The molecule has 0 aliphatic heterocycles. The zero-order chi connectivity index (χ0) is 15.4. The third kappa shape index (κ3) is 3.65. The molecule has 0 aliphatic rings. The zero-order valence-electron chi connectivity index (χ0n) is 11.6. The number of hydrogen-bond donors (Lipinski definition) is 1. The summed E-state index contributed by atoms with van der Waals surface area (Å²) in [5.41, 5.74) is 2.35. The first-order valence-electron chi connectivity index (χ1n) is 6.70. The molecule has 3 rings (SSSR count). The lowest BCUT2D eigenvalue weighted by Gasteiger charge is -2.05. The maximum absolute atomic E-state index is 11.6. The van der Waals surface area contributed by atoms with E-state index in [-0.39, 0.29) is 13.2 Å². The highest BCUT2D eigenvalue weighted by Crippen LogP contribution is 2.20. The molecular formula is C16H13BrN2O3. The van der Waals surface area contributed by atoms with Gasteiger partial charge in [0.2, 0.25) is 5.89 Å². The Balaban J connectivity index is 1.53. The van der Waals surface area contributed by atoms with Crippen LogP contribution in [0.3, 0.4) is 0 Å². The predicted molar refractivity (Wildman–Crippen MR) is 85.2 cm³/mol. The van der Waals surface area contributed by atoms with Crippen LogP contribution in [0.15, 0.2) is 57.4 Å². The van der Waals surface area contributed by atoms with Crippen molar-refractivity contribution in [2.45, 2.75) is 13.2 Å². The van der Waals surface area contributed by atoms with Crippen molar-refractivity contribution < 1.29 is 13.9 Å². The van der Waals surface area contributed by atoms with Crippen LogP contribution in [-0.2, 0) is 17.9 Å². The minimum absolute atomic E-state index is 0.180. The summed E-state index contributed by atoms with van der Waals surface area (Å²) < 4.78 is 11.6. The van der Waals surface area contributed by atoms with Crippen molar-refractivity contribution in [1.82, 2.24) is 10.3 Å². The molecule has 2 aromatic carbocycles. The molecule has 1 N–H and O–H groups in total. The minimum atomic E-state index is -0.507. The minimum Gasteiger partial charge on any atom is -0.445 e. The summed E-state index contributed by atoms with van der Waals surface area (Å²) in [5, 5.41) is 2.62. The first-order valence-corrected chi connectivity index (χ1v) is 7.49. The van der Waals surface area contributed by atoms with Crippen molar-refractivity contribution >= 4 is 33.1 Å². The summed E-state index contributed by atoms with van der Waals surface area (Å²) in [6, 6.07) is 15.1. The molecule has 0 fully saturated rings. The van der Waals surface area contributed by atoms with E-state index in [0.29, 0.717) is 11.5 Å². The number of oxazole rings is 1. The number of carbonyl (C=O) groups excluding carboxylic acids is 1. The van der Waals surface area contributed by atoms with Gasteiger partial charge in [-0.05, 0) is 23.8 Å². The van der Waals surface area contributed by atoms with Crippen LogP contribution in [0.5, 0.6) is 0 Å². The fourth-order valence-corrected chi connectivity index (χ4v) is 2.28. The Labute approximate surface area is 135 Å². The van der Waals surface area contributed by atoms with Crippen LogP contribution in [0.4, 0.5) is 4.79 Å². The Morgan fingerprint density at radius 2 is 2.05 bits per heavy atom. The van der Waals surface area contributed by atoms with Crippen LogP contribution in [0.25, 0.3) is 11.1 Å². The third-order valence-corrected chi connectivity index (χ3v) is 3.48. The van der Waals surface area contributed by atoms with E-state index in [0.717, 1.165) is 15.6 Å². The van der Waals surface area contributed by atoms with Gasteiger partial charge in [0, 0.05) is 4.47 Å². The summed E-state index contributed by atoms with van der Waals surface area (Å²) in [5.74, 6) is 0.435. The first kappa shape index (κ1) is 14.6. The van der Waals surface area contributed by atoms with Gasteiger partial charge < -0.3 is 14.5 Å². The maximum Gasteiger partial charge on any atom is 0.407 e. The maximum atomic E-state index is 11.6. The first-order chi connectivity index (χ1) is 10.7. The lowest BCUT2D eigenvalue weighted by atomic mass is 10.2. The van der Waals surface area contributed by atoms with Gasteiger partial charge in [-0.2, -0.15) is 0 Å². The molecule has 1 aromatic heterocycles. The van der Waals surface area contributed by atoms with Gasteiger partial charge in [0.25, 0.3) is 0 Å². The molecular weight excluding hydrogens is 348 g/mol. The number of alkyl carbamates (subject to hydrolysis) is 1. The topological polar surface area (TPSA) is 64.4 Å². The van der Waals surface area contributed by atoms with E-state index in [1.54, 1.807) is 0 Å². The van der Waals surface area contributed by atoms with Gasteiger partial charge in [-0.25, -0.2) is 9.78 Å². The second kappa shape index (κ2) is 6.62. The fourth-order valence-electron chi connectivity index (χ4n) is 1.94. The van der Waals surface area contributed by atoms with Gasteiger partial charge in [0.05, 0.1) is 6.54 Å². The number of hydrogen-bond acceptors (Lipinski definition) is 4. The number of nitrogens with one attached hydrogen (secondary N) is 1. The summed E-state index contributed by atoms with van der Waals surface area (Å²) in [6.07, 6.45) is -0.507. The number of fused-ring (bicyclic) bond motifs is 1.